The summed E-state index contributed by atoms with van der Waals surface area (Å²) >= 11 is 17.7. The van der Waals surface area contributed by atoms with E-state index < -0.39 is 0 Å². The third-order valence-corrected chi connectivity index (χ3v) is 4.33. The number of carbonyl (C=O) groups is 1. The smallest absolute Gasteiger partial charge is 0.253 e. The fraction of sp³-hybridized carbons (Fsp3) is 0.417. The van der Waals surface area contributed by atoms with E-state index in [4.69, 9.17) is 34.8 Å². The van der Waals surface area contributed by atoms with Crippen molar-refractivity contribution in [3.05, 3.63) is 32.8 Å². The molecule has 1 aliphatic rings. The van der Waals surface area contributed by atoms with Crippen molar-refractivity contribution in [2.24, 2.45) is 0 Å². The Labute approximate surface area is 121 Å². The van der Waals surface area contributed by atoms with Crippen LogP contribution in [-0.4, -0.2) is 37.0 Å². The Bertz CT molecular complexity index is 449. The number of benzene rings is 1. The van der Waals surface area contributed by atoms with Crippen LogP contribution in [0.5, 0.6) is 0 Å². The number of nitrogens with one attached hydrogen (secondary N) is 1. The minimum absolute atomic E-state index is 0.0934. The molecule has 1 aliphatic heterocycles. The van der Waals surface area contributed by atoms with Crippen molar-refractivity contribution >= 4 is 40.7 Å². The Balaban J connectivity index is 2.22. The van der Waals surface area contributed by atoms with Crippen LogP contribution in [0, 0.1) is 0 Å². The standard InChI is InChI=1S/C12H13Cl3N2O/c1-17(8-2-3-16-6-8)12(18)7-4-9(13)11(15)10(14)5-7/h4-5,8,16H,2-3,6H2,1H3. The molecule has 6 heteroatoms. The Hall–Kier alpha value is -0.480. The molecule has 0 aromatic heterocycles. The minimum atomic E-state index is -0.0934. The van der Waals surface area contributed by atoms with Crippen LogP contribution in [0.4, 0.5) is 0 Å². The number of rotatable bonds is 2. The van der Waals surface area contributed by atoms with Crippen molar-refractivity contribution in [1.82, 2.24) is 10.2 Å². The SMILES string of the molecule is CN(C(=O)c1cc(Cl)c(Cl)c(Cl)c1)C1CCNC1. The highest BCUT2D eigenvalue weighted by Gasteiger charge is 2.24. The van der Waals surface area contributed by atoms with E-state index in [-0.39, 0.29) is 17.0 Å². The lowest BCUT2D eigenvalue weighted by molar-refractivity contribution is 0.0744. The first-order chi connectivity index (χ1) is 8.50. The normalized spacial score (nSPS) is 19.0. The maximum Gasteiger partial charge on any atom is 0.253 e. The maximum absolute atomic E-state index is 12.3. The number of hydrogen-bond donors (Lipinski definition) is 1. The molecular formula is C12H13Cl3N2O. The summed E-state index contributed by atoms with van der Waals surface area (Å²) in [6.07, 6.45) is 0.956. The van der Waals surface area contributed by atoms with Gasteiger partial charge in [0.05, 0.1) is 15.1 Å². The van der Waals surface area contributed by atoms with Crippen LogP contribution in [-0.2, 0) is 0 Å². The van der Waals surface area contributed by atoms with Crippen LogP contribution in [0.2, 0.25) is 15.1 Å². The lowest BCUT2D eigenvalue weighted by Gasteiger charge is -2.24. The Morgan fingerprint density at radius 3 is 2.44 bits per heavy atom. The number of halogens is 3. The molecular weight excluding hydrogens is 295 g/mol. The zero-order valence-corrected chi connectivity index (χ0v) is 12.1. The molecule has 18 heavy (non-hydrogen) atoms. The molecule has 1 atom stereocenters. The van der Waals surface area contributed by atoms with Crippen molar-refractivity contribution in [2.45, 2.75) is 12.5 Å². The van der Waals surface area contributed by atoms with Crippen LogP contribution in [0.1, 0.15) is 16.8 Å². The van der Waals surface area contributed by atoms with E-state index in [0.29, 0.717) is 15.6 Å². The van der Waals surface area contributed by atoms with Gasteiger partial charge in [-0.1, -0.05) is 34.8 Å². The lowest BCUT2D eigenvalue weighted by atomic mass is 10.1. The Morgan fingerprint density at radius 2 is 1.94 bits per heavy atom. The second-order valence-electron chi connectivity index (χ2n) is 4.32. The van der Waals surface area contributed by atoms with Gasteiger partial charge in [-0.25, -0.2) is 0 Å². The zero-order valence-electron chi connectivity index (χ0n) is 9.84. The number of hydrogen-bond acceptors (Lipinski definition) is 2. The fourth-order valence-electron chi connectivity index (χ4n) is 2.02. The van der Waals surface area contributed by atoms with E-state index in [1.54, 1.807) is 24.1 Å². The largest absolute Gasteiger partial charge is 0.337 e. The third kappa shape index (κ3) is 2.75. The number of nitrogens with zero attached hydrogens (tertiary/aromatic N) is 1. The molecule has 1 aromatic carbocycles. The lowest BCUT2D eigenvalue weighted by Crippen LogP contribution is -2.38. The number of amides is 1. The summed E-state index contributed by atoms with van der Waals surface area (Å²) in [5.74, 6) is -0.0934. The van der Waals surface area contributed by atoms with Crippen LogP contribution < -0.4 is 5.32 Å². The molecule has 1 N–H and O–H groups in total. The minimum Gasteiger partial charge on any atom is -0.337 e. The molecule has 1 unspecified atom stereocenters. The van der Waals surface area contributed by atoms with Gasteiger partial charge in [0.15, 0.2) is 0 Å². The molecule has 0 bridgehead atoms. The second-order valence-corrected chi connectivity index (χ2v) is 5.51. The topological polar surface area (TPSA) is 32.3 Å². The third-order valence-electron chi connectivity index (χ3n) is 3.13. The number of likely N-dealkylation sites (N-methyl/N-ethyl adjacent to an activating group) is 1. The highest BCUT2D eigenvalue weighted by molar-refractivity contribution is 6.48. The molecule has 0 saturated carbocycles. The van der Waals surface area contributed by atoms with E-state index >= 15 is 0 Å². The van der Waals surface area contributed by atoms with Crippen LogP contribution in [0.3, 0.4) is 0 Å². The van der Waals surface area contributed by atoms with E-state index in [1.807, 2.05) is 0 Å². The van der Waals surface area contributed by atoms with E-state index in [0.717, 1.165) is 19.5 Å². The first-order valence-corrected chi connectivity index (χ1v) is 6.76. The number of carbonyl (C=O) groups excluding carboxylic acids is 1. The van der Waals surface area contributed by atoms with Gasteiger partial charge in [0.25, 0.3) is 5.91 Å². The van der Waals surface area contributed by atoms with Gasteiger partial charge in [0.2, 0.25) is 0 Å². The molecule has 0 radical (unpaired) electrons. The first-order valence-electron chi connectivity index (χ1n) is 5.63. The predicted molar refractivity (Wildman–Crippen MR) is 74.8 cm³/mol. The van der Waals surface area contributed by atoms with Gasteiger partial charge in [0, 0.05) is 25.2 Å². The molecule has 1 saturated heterocycles. The zero-order chi connectivity index (χ0) is 13.3. The molecule has 98 valence electrons. The van der Waals surface area contributed by atoms with Crippen LogP contribution >= 0.6 is 34.8 Å². The molecule has 1 aromatic rings. The highest BCUT2D eigenvalue weighted by atomic mass is 35.5. The summed E-state index contributed by atoms with van der Waals surface area (Å²) < 4.78 is 0. The highest BCUT2D eigenvalue weighted by Crippen LogP contribution is 2.31. The second kappa shape index (κ2) is 5.66. The molecule has 2 rings (SSSR count). The summed E-state index contributed by atoms with van der Waals surface area (Å²) in [7, 11) is 1.79. The van der Waals surface area contributed by atoms with Gasteiger partial charge >= 0.3 is 0 Å². The predicted octanol–water partition coefficient (Wildman–Crippen LogP) is 3.08. The van der Waals surface area contributed by atoms with Crippen molar-refractivity contribution in [3.63, 3.8) is 0 Å². The van der Waals surface area contributed by atoms with E-state index in [1.165, 1.54) is 0 Å². The molecule has 1 heterocycles. The molecule has 1 amide bonds. The average molecular weight is 308 g/mol. The van der Waals surface area contributed by atoms with Gasteiger partial charge in [-0.2, -0.15) is 0 Å². The summed E-state index contributed by atoms with van der Waals surface area (Å²) in [5.41, 5.74) is 0.462. The summed E-state index contributed by atoms with van der Waals surface area (Å²) in [6.45, 7) is 1.75. The Morgan fingerprint density at radius 1 is 1.33 bits per heavy atom. The quantitative estimate of drug-likeness (QED) is 0.852. The molecule has 0 aliphatic carbocycles. The average Bonchev–Trinajstić information content (AvgIpc) is 2.87. The molecule has 0 spiro atoms. The molecule has 1 fully saturated rings. The Kier molecular flexibility index (Phi) is 4.38. The van der Waals surface area contributed by atoms with Crippen molar-refractivity contribution in [1.29, 1.82) is 0 Å². The van der Waals surface area contributed by atoms with Crippen molar-refractivity contribution in [2.75, 3.05) is 20.1 Å². The molecule has 3 nitrogen and oxygen atoms in total. The van der Waals surface area contributed by atoms with Crippen LogP contribution in [0.15, 0.2) is 12.1 Å². The van der Waals surface area contributed by atoms with Crippen molar-refractivity contribution < 1.29 is 4.79 Å². The van der Waals surface area contributed by atoms with Gasteiger partial charge < -0.3 is 10.2 Å². The van der Waals surface area contributed by atoms with Crippen LogP contribution in [0.25, 0.3) is 0 Å². The first kappa shape index (κ1) is 13.9. The van der Waals surface area contributed by atoms with E-state index in [2.05, 4.69) is 5.32 Å². The van der Waals surface area contributed by atoms with Crippen molar-refractivity contribution in [3.8, 4) is 0 Å². The maximum atomic E-state index is 12.3. The fourth-order valence-corrected chi connectivity index (χ4v) is 2.61. The summed E-state index contributed by atoms with van der Waals surface area (Å²) in [5, 5.41) is 4.10. The summed E-state index contributed by atoms with van der Waals surface area (Å²) in [4.78, 5) is 14.0. The summed E-state index contributed by atoms with van der Waals surface area (Å²) in [6, 6.07) is 3.32. The van der Waals surface area contributed by atoms with Gasteiger partial charge in [-0.15, -0.1) is 0 Å². The monoisotopic (exact) mass is 306 g/mol. The van der Waals surface area contributed by atoms with Gasteiger partial charge in [-0.3, -0.25) is 4.79 Å². The van der Waals surface area contributed by atoms with Gasteiger partial charge in [-0.05, 0) is 25.1 Å². The van der Waals surface area contributed by atoms with Gasteiger partial charge in [0.1, 0.15) is 0 Å². The van der Waals surface area contributed by atoms with E-state index in [9.17, 15) is 4.79 Å².